The summed E-state index contributed by atoms with van der Waals surface area (Å²) < 4.78 is 37.9. The number of nitrogens with one attached hydrogen (secondary N) is 1. The first-order chi connectivity index (χ1) is 23.6. The summed E-state index contributed by atoms with van der Waals surface area (Å²) in [5.41, 5.74) is 4.48. The first kappa shape index (κ1) is 35.2. The maximum Gasteiger partial charge on any atom is 0.408 e. The van der Waals surface area contributed by atoms with Gasteiger partial charge in [-0.1, -0.05) is 6.07 Å². The van der Waals surface area contributed by atoms with E-state index in [1.54, 1.807) is 101 Å². The van der Waals surface area contributed by atoms with E-state index in [1.165, 1.54) is 12.1 Å². The van der Waals surface area contributed by atoms with Crippen molar-refractivity contribution < 1.29 is 18.3 Å². The summed E-state index contributed by atoms with van der Waals surface area (Å²) in [6.45, 7) is 7.15. The van der Waals surface area contributed by atoms with E-state index in [0.29, 0.717) is 34.1 Å². The Labute approximate surface area is 288 Å². The van der Waals surface area contributed by atoms with E-state index in [0.717, 1.165) is 22.1 Å². The molecule has 0 bridgehead atoms. The number of halogens is 2. The first-order valence-electron chi connectivity index (χ1n) is 15.7. The van der Waals surface area contributed by atoms with Gasteiger partial charge >= 0.3 is 6.09 Å². The smallest absolute Gasteiger partial charge is 0.408 e. The lowest BCUT2D eigenvalue weighted by molar-refractivity contribution is 0.0508. The van der Waals surface area contributed by atoms with Crippen LogP contribution in [0.3, 0.4) is 0 Å². The Bertz CT molecular complexity index is 2220. The molecule has 0 aliphatic rings. The van der Waals surface area contributed by atoms with Crippen molar-refractivity contribution in [2.75, 3.05) is 23.9 Å². The van der Waals surface area contributed by atoms with Gasteiger partial charge in [0, 0.05) is 40.3 Å². The molecule has 4 aromatic heterocycles. The summed E-state index contributed by atoms with van der Waals surface area (Å²) in [6, 6.07) is 14.5. The van der Waals surface area contributed by atoms with E-state index in [4.69, 9.17) is 10.00 Å². The molecule has 0 saturated carbocycles. The van der Waals surface area contributed by atoms with Gasteiger partial charge in [0.15, 0.2) is 0 Å². The quantitative estimate of drug-likeness (QED) is 0.194. The lowest BCUT2D eigenvalue weighted by Crippen LogP contribution is -2.34. The van der Waals surface area contributed by atoms with Gasteiger partial charge in [0.05, 0.1) is 65.1 Å². The highest BCUT2D eigenvalue weighted by atomic mass is 19.1. The molecule has 0 saturated heterocycles. The van der Waals surface area contributed by atoms with Crippen LogP contribution in [0.1, 0.15) is 44.9 Å². The molecule has 2 aromatic carbocycles. The second-order valence-electron chi connectivity index (χ2n) is 12.7. The third-order valence-corrected chi connectivity index (χ3v) is 7.89. The number of amides is 1. The molecule has 1 amide bonds. The predicted octanol–water partition coefficient (Wildman–Crippen LogP) is 7.21. The number of anilines is 4. The lowest BCUT2D eigenvalue weighted by atomic mass is 10.1. The topological polar surface area (TPSA) is 130 Å². The summed E-state index contributed by atoms with van der Waals surface area (Å²) in [5, 5.41) is 11.5. The third kappa shape index (κ3) is 7.78. The number of hydrogen-bond acceptors (Lipinski definition) is 9. The number of nitriles is 1. The minimum absolute atomic E-state index is 0.291. The average Bonchev–Trinajstić information content (AvgIpc) is 3.64. The fourth-order valence-corrected chi connectivity index (χ4v) is 5.13. The van der Waals surface area contributed by atoms with Crippen molar-refractivity contribution in [2.24, 2.45) is 14.1 Å². The van der Waals surface area contributed by atoms with E-state index >= 15 is 0 Å². The molecule has 0 aliphatic carbocycles. The summed E-state index contributed by atoms with van der Waals surface area (Å²) in [7, 11) is 7.27. The van der Waals surface area contributed by atoms with Gasteiger partial charge in [-0.2, -0.15) is 5.26 Å². The van der Waals surface area contributed by atoms with Gasteiger partial charge in [-0.25, -0.2) is 33.5 Å². The van der Waals surface area contributed by atoms with Crippen LogP contribution in [0, 0.1) is 23.0 Å². The van der Waals surface area contributed by atoms with Gasteiger partial charge in [0.1, 0.15) is 39.9 Å². The number of rotatable bonds is 6. The SMILES string of the molecule is CC(NC(=O)OC(C)(C)C)c1ccc(N(C)c2cc3c(cn2)ncn3C)c(F)c1.CN(c1cc2c(cn1)ncn2C)c1ccc(C#N)cc1F. The number of aromatic nitrogens is 6. The number of pyridine rings is 2. The van der Waals surface area contributed by atoms with Gasteiger partial charge in [-0.05, 0) is 63.6 Å². The number of carbonyl (C=O) groups excluding carboxylic acids is 1. The van der Waals surface area contributed by atoms with E-state index in [-0.39, 0.29) is 0 Å². The second kappa shape index (κ2) is 14.2. The molecule has 6 aromatic rings. The highest BCUT2D eigenvalue weighted by Crippen LogP contribution is 2.30. The maximum absolute atomic E-state index is 14.9. The van der Waals surface area contributed by atoms with Crippen LogP contribution in [-0.4, -0.2) is 54.9 Å². The van der Waals surface area contributed by atoms with Crippen LogP contribution in [0.4, 0.5) is 36.6 Å². The molecule has 1 atom stereocenters. The number of benzene rings is 2. The van der Waals surface area contributed by atoms with Gasteiger partial charge in [-0.15, -0.1) is 0 Å². The normalized spacial score (nSPS) is 11.8. The molecule has 1 N–H and O–H groups in total. The zero-order valence-corrected chi connectivity index (χ0v) is 29.1. The highest BCUT2D eigenvalue weighted by Gasteiger charge is 2.20. The minimum atomic E-state index is -0.594. The first-order valence-corrected chi connectivity index (χ1v) is 15.7. The van der Waals surface area contributed by atoms with Crippen LogP contribution in [0.15, 0.2) is 73.6 Å². The molecule has 4 heterocycles. The average molecular weight is 681 g/mol. The van der Waals surface area contributed by atoms with Crippen LogP contribution in [0.5, 0.6) is 0 Å². The maximum atomic E-state index is 14.9. The molecular weight excluding hydrogens is 642 g/mol. The third-order valence-electron chi connectivity index (χ3n) is 7.89. The fraction of sp³-hybridized carbons (Fsp3) is 0.278. The largest absolute Gasteiger partial charge is 0.444 e. The van der Waals surface area contributed by atoms with Gasteiger partial charge < -0.3 is 29.0 Å². The molecule has 12 nitrogen and oxygen atoms in total. The van der Waals surface area contributed by atoms with Crippen LogP contribution >= 0.6 is 0 Å². The number of ether oxygens (including phenoxy) is 1. The van der Waals surface area contributed by atoms with Crippen LogP contribution in [0.25, 0.3) is 22.1 Å². The Kier molecular flexibility index (Phi) is 9.98. The molecular formula is C36H38F2N10O2. The van der Waals surface area contributed by atoms with Crippen molar-refractivity contribution in [3.8, 4) is 6.07 Å². The van der Waals surface area contributed by atoms with Gasteiger partial charge in [0.25, 0.3) is 0 Å². The monoisotopic (exact) mass is 680 g/mol. The van der Waals surface area contributed by atoms with Gasteiger partial charge in [0.2, 0.25) is 0 Å². The van der Waals surface area contributed by atoms with Crippen molar-refractivity contribution in [1.82, 2.24) is 34.4 Å². The van der Waals surface area contributed by atoms with Crippen LogP contribution in [-0.2, 0) is 18.8 Å². The number of imidazole rings is 2. The Morgan fingerprint density at radius 2 is 1.34 bits per heavy atom. The highest BCUT2D eigenvalue weighted by molar-refractivity contribution is 5.80. The number of carbonyl (C=O) groups is 1. The molecule has 14 heteroatoms. The van der Waals surface area contributed by atoms with Crippen molar-refractivity contribution in [3.63, 3.8) is 0 Å². The molecule has 0 radical (unpaired) electrons. The summed E-state index contributed by atoms with van der Waals surface area (Å²) in [4.78, 5) is 32.4. The fourth-order valence-electron chi connectivity index (χ4n) is 5.13. The molecule has 0 spiro atoms. The number of hydrogen-bond donors (Lipinski definition) is 1. The van der Waals surface area contributed by atoms with Crippen molar-refractivity contribution >= 4 is 51.2 Å². The van der Waals surface area contributed by atoms with E-state index in [2.05, 4.69) is 25.3 Å². The summed E-state index contributed by atoms with van der Waals surface area (Å²) in [5.74, 6) is 0.348. The Morgan fingerprint density at radius 3 is 1.80 bits per heavy atom. The number of nitrogens with zero attached hydrogens (tertiary/aromatic N) is 9. The molecule has 50 heavy (non-hydrogen) atoms. The summed E-state index contributed by atoms with van der Waals surface area (Å²) >= 11 is 0. The van der Waals surface area contributed by atoms with Crippen molar-refractivity contribution in [2.45, 2.75) is 39.3 Å². The van der Waals surface area contributed by atoms with Gasteiger partial charge in [-0.3, -0.25) is 0 Å². The number of aryl methyl sites for hydroxylation is 2. The van der Waals surface area contributed by atoms with Crippen molar-refractivity contribution in [1.29, 1.82) is 5.26 Å². The van der Waals surface area contributed by atoms with E-state index in [9.17, 15) is 13.6 Å². The molecule has 1 unspecified atom stereocenters. The standard InChI is InChI=1S/C21H26FN5O2.C15H12FN5/c1-13(25-20(28)29-21(2,3)4)14-7-8-17(15(22)9-14)27(6)19-10-18-16(11-23-19)24-12-26(18)5;1-20-9-19-12-8-18-15(6-14(12)20)21(2)13-4-3-10(7-17)5-11(13)16/h7-13H,1-6H3,(H,25,28);3-6,8-9H,1-2H3. The minimum Gasteiger partial charge on any atom is -0.444 e. The van der Waals surface area contributed by atoms with Crippen LogP contribution in [0.2, 0.25) is 0 Å². The van der Waals surface area contributed by atoms with E-state index < -0.39 is 29.4 Å². The molecule has 6 rings (SSSR count). The summed E-state index contributed by atoms with van der Waals surface area (Å²) in [6.07, 6.45) is 6.20. The Hall–Kier alpha value is -6.10. The molecule has 0 fully saturated rings. The Balaban J connectivity index is 0.000000204. The lowest BCUT2D eigenvalue weighted by Gasteiger charge is -2.23. The van der Waals surface area contributed by atoms with Crippen molar-refractivity contribution in [3.05, 3.63) is 96.3 Å². The van der Waals surface area contributed by atoms with E-state index in [1.807, 2.05) is 41.4 Å². The van der Waals surface area contributed by atoms with Crippen LogP contribution < -0.4 is 15.1 Å². The zero-order valence-electron chi connectivity index (χ0n) is 29.1. The Morgan fingerprint density at radius 1 is 0.840 bits per heavy atom. The number of fused-ring (bicyclic) bond motifs is 2. The predicted molar refractivity (Wildman–Crippen MR) is 188 cm³/mol. The number of alkyl carbamates (subject to hydrolysis) is 1. The molecule has 258 valence electrons. The molecule has 0 aliphatic heterocycles. The zero-order chi connectivity index (χ0) is 36.3. The second-order valence-corrected chi connectivity index (χ2v) is 12.7.